The minimum Gasteiger partial charge on any atom is -0.495 e. The molecular formula is C22H18ClN3O3S2. The number of nitrogens with one attached hydrogen (secondary N) is 2. The average molecular weight is 472 g/mol. The second-order valence-electron chi connectivity index (χ2n) is 6.75. The van der Waals surface area contributed by atoms with Gasteiger partial charge in [-0.15, -0.1) is 11.3 Å². The van der Waals surface area contributed by atoms with Crippen molar-refractivity contribution in [2.24, 2.45) is 0 Å². The Labute approximate surface area is 191 Å². The first-order valence-electron chi connectivity index (χ1n) is 9.29. The minimum atomic E-state index is -0.236. The maximum Gasteiger partial charge on any atom is 0.260 e. The van der Waals surface area contributed by atoms with Gasteiger partial charge < -0.3 is 15.0 Å². The molecule has 9 heteroatoms. The highest BCUT2D eigenvalue weighted by molar-refractivity contribution is 7.99. The Morgan fingerprint density at radius 2 is 2.03 bits per heavy atom. The normalized spacial score (nSPS) is 10.9. The monoisotopic (exact) mass is 471 g/mol. The van der Waals surface area contributed by atoms with Crippen LogP contribution in [-0.2, 0) is 4.79 Å². The molecule has 0 aliphatic heterocycles. The van der Waals surface area contributed by atoms with Crippen LogP contribution < -0.4 is 15.6 Å². The summed E-state index contributed by atoms with van der Waals surface area (Å²) in [6, 6.07) is 13.0. The molecule has 6 nitrogen and oxygen atoms in total. The lowest BCUT2D eigenvalue weighted by atomic mass is 10.1. The first-order chi connectivity index (χ1) is 14.9. The van der Waals surface area contributed by atoms with Crippen LogP contribution in [-0.4, -0.2) is 28.7 Å². The molecule has 0 aliphatic carbocycles. The van der Waals surface area contributed by atoms with Gasteiger partial charge in [0.1, 0.15) is 10.6 Å². The second-order valence-corrected chi connectivity index (χ2v) is 8.98. The molecule has 0 saturated carbocycles. The molecular weight excluding hydrogens is 454 g/mol. The molecule has 0 bridgehead atoms. The van der Waals surface area contributed by atoms with Gasteiger partial charge in [0.05, 0.1) is 23.3 Å². The zero-order valence-electron chi connectivity index (χ0n) is 16.7. The topological polar surface area (TPSA) is 84.1 Å². The van der Waals surface area contributed by atoms with Gasteiger partial charge in [0.2, 0.25) is 5.91 Å². The van der Waals surface area contributed by atoms with Crippen LogP contribution in [0, 0.1) is 6.92 Å². The molecule has 2 N–H and O–H groups in total. The number of nitrogens with zero attached hydrogens (tertiary/aromatic N) is 1. The Kier molecular flexibility index (Phi) is 6.31. The van der Waals surface area contributed by atoms with Crippen LogP contribution in [0.15, 0.2) is 57.8 Å². The Morgan fingerprint density at radius 3 is 2.74 bits per heavy atom. The van der Waals surface area contributed by atoms with E-state index in [-0.39, 0.29) is 17.2 Å². The average Bonchev–Trinajstić information content (AvgIpc) is 3.18. The van der Waals surface area contributed by atoms with Crippen molar-refractivity contribution in [2.75, 3.05) is 18.2 Å². The van der Waals surface area contributed by atoms with Gasteiger partial charge in [-0.1, -0.05) is 53.2 Å². The van der Waals surface area contributed by atoms with E-state index >= 15 is 0 Å². The fraction of sp³-hybridized carbons (Fsp3) is 0.136. The highest BCUT2D eigenvalue weighted by Gasteiger charge is 2.14. The standard InChI is InChI=1S/C22H18ClN3O3S2/c1-12-3-5-13(6-4-12)15-10-30-21-19(15)20(28)25-22(26-21)31-11-18(27)24-14-7-8-17(29-2)16(23)9-14/h3-10H,11H2,1-2H3,(H,24,27)(H,25,26,28). The van der Waals surface area contributed by atoms with Gasteiger partial charge in [0.15, 0.2) is 5.16 Å². The molecule has 0 atom stereocenters. The van der Waals surface area contributed by atoms with Gasteiger partial charge in [-0.25, -0.2) is 4.98 Å². The zero-order chi connectivity index (χ0) is 22.0. The maximum absolute atomic E-state index is 12.7. The highest BCUT2D eigenvalue weighted by atomic mass is 35.5. The molecule has 0 unspecified atom stereocenters. The summed E-state index contributed by atoms with van der Waals surface area (Å²) in [4.78, 5) is 33.0. The summed E-state index contributed by atoms with van der Waals surface area (Å²) in [6.07, 6.45) is 0. The summed E-state index contributed by atoms with van der Waals surface area (Å²) in [6.45, 7) is 2.02. The predicted molar refractivity (Wildman–Crippen MR) is 128 cm³/mol. The number of halogens is 1. The number of hydrogen-bond acceptors (Lipinski definition) is 6. The van der Waals surface area contributed by atoms with Crippen molar-refractivity contribution >= 4 is 56.5 Å². The summed E-state index contributed by atoms with van der Waals surface area (Å²) in [5.74, 6) is 0.388. The van der Waals surface area contributed by atoms with E-state index in [0.29, 0.717) is 31.8 Å². The Bertz CT molecular complexity index is 1320. The molecule has 0 saturated heterocycles. The summed E-state index contributed by atoms with van der Waals surface area (Å²) in [5.41, 5.74) is 3.34. The van der Waals surface area contributed by atoms with Crippen molar-refractivity contribution in [3.05, 3.63) is 68.8 Å². The number of amides is 1. The quantitative estimate of drug-likeness (QED) is 0.292. The van der Waals surface area contributed by atoms with E-state index in [4.69, 9.17) is 16.3 Å². The van der Waals surface area contributed by atoms with Crippen molar-refractivity contribution in [3.63, 3.8) is 0 Å². The van der Waals surface area contributed by atoms with Crippen molar-refractivity contribution in [2.45, 2.75) is 12.1 Å². The Morgan fingerprint density at radius 1 is 1.26 bits per heavy atom. The molecule has 2 aromatic heterocycles. The molecule has 4 aromatic rings. The number of carbonyl (C=O) groups is 1. The van der Waals surface area contributed by atoms with E-state index in [1.807, 2.05) is 36.6 Å². The lowest BCUT2D eigenvalue weighted by molar-refractivity contribution is -0.113. The number of thioether (sulfide) groups is 1. The second kappa shape index (κ2) is 9.13. The number of aromatic nitrogens is 2. The van der Waals surface area contributed by atoms with E-state index in [0.717, 1.165) is 16.7 Å². The van der Waals surface area contributed by atoms with Crippen molar-refractivity contribution < 1.29 is 9.53 Å². The van der Waals surface area contributed by atoms with Gasteiger partial charge in [0.25, 0.3) is 5.56 Å². The maximum atomic E-state index is 12.7. The number of ether oxygens (including phenoxy) is 1. The van der Waals surface area contributed by atoms with Crippen LogP contribution in [0.25, 0.3) is 21.3 Å². The van der Waals surface area contributed by atoms with Gasteiger partial charge in [0, 0.05) is 16.6 Å². The van der Waals surface area contributed by atoms with Gasteiger partial charge in [-0.2, -0.15) is 0 Å². The number of aryl methyl sites for hydroxylation is 1. The Balaban J connectivity index is 1.48. The molecule has 2 aromatic carbocycles. The molecule has 0 fully saturated rings. The Hall–Kier alpha value is -2.81. The van der Waals surface area contributed by atoms with Crippen LogP contribution in [0.3, 0.4) is 0 Å². The first-order valence-corrected chi connectivity index (χ1v) is 11.5. The van der Waals surface area contributed by atoms with E-state index in [9.17, 15) is 9.59 Å². The molecule has 1 amide bonds. The van der Waals surface area contributed by atoms with E-state index in [1.54, 1.807) is 18.2 Å². The molecule has 2 heterocycles. The number of H-pyrrole nitrogens is 1. The summed E-state index contributed by atoms with van der Waals surface area (Å²) in [7, 11) is 1.53. The minimum absolute atomic E-state index is 0.0916. The molecule has 0 aliphatic rings. The van der Waals surface area contributed by atoms with Crippen LogP contribution in [0.5, 0.6) is 5.75 Å². The van der Waals surface area contributed by atoms with Gasteiger partial charge >= 0.3 is 0 Å². The van der Waals surface area contributed by atoms with Crippen molar-refractivity contribution in [1.82, 2.24) is 9.97 Å². The molecule has 31 heavy (non-hydrogen) atoms. The fourth-order valence-corrected chi connectivity index (χ4v) is 4.94. The fourth-order valence-electron chi connectivity index (χ4n) is 3.02. The number of hydrogen-bond donors (Lipinski definition) is 2. The third-order valence-corrected chi connectivity index (χ3v) is 6.60. The number of carbonyl (C=O) groups excluding carboxylic acids is 1. The number of thiophene rings is 1. The van der Waals surface area contributed by atoms with Crippen LogP contribution in [0.2, 0.25) is 5.02 Å². The first kappa shape index (κ1) is 21.4. The van der Waals surface area contributed by atoms with Gasteiger partial charge in [-0.05, 0) is 30.7 Å². The third-order valence-electron chi connectivity index (χ3n) is 4.56. The third kappa shape index (κ3) is 4.76. The largest absolute Gasteiger partial charge is 0.495 e. The van der Waals surface area contributed by atoms with Crippen LogP contribution >= 0.6 is 34.7 Å². The van der Waals surface area contributed by atoms with Crippen molar-refractivity contribution in [3.8, 4) is 16.9 Å². The lowest BCUT2D eigenvalue weighted by Crippen LogP contribution is -2.15. The number of methoxy groups -OCH3 is 1. The summed E-state index contributed by atoms with van der Waals surface area (Å²) in [5, 5.41) is 6.08. The van der Waals surface area contributed by atoms with E-state index in [1.165, 1.54) is 30.2 Å². The zero-order valence-corrected chi connectivity index (χ0v) is 19.1. The van der Waals surface area contributed by atoms with E-state index < -0.39 is 0 Å². The molecule has 4 rings (SSSR count). The number of anilines is 1. The lowest BCUT2D eigenvalue weighted by Gasteiger charge is -2.08. The SMILES string of the molecule is COc1ccc(NC(=O)CSc2nc3scc(-c4ccc(C)cc4)c3c(=O)[nH]2)cc1Cl. The van der Waals surface area contributed by atoms with Gasteiger partial charge in [-0.3, -0.25) is 9.59 Å². The molecule has 158 valence electrons. The number of aromatic amines is 1. The molecule has 0 radical (unpaired) electrons. The summed E-state index contributed by atoms with van der Waals surface area (Å²) < 4.78 is 5.10. The smallest absolute Gasteiger partial charge is 0.260 e. The van der Waals surface area contributed by atoms with Crippen LogP contribution in [0.1, 0.15) is 5.56 Å². The molecule has 0 spiro atoms. The van der Waals surface area contributed by atoms with E-state index in [2.05, 4.69) is 15.3 Å². The number of benzene rings is 2. The number of fused-ring (bicyclic) bond motifs is 1. The van der Waals surface area contributed by atoms with Crippen molar-refractivity contribution in [1.29, 1.82) is 0 Å². The van der Waals surface area contributed by atoms with Crippen LogP contribution in [0.4, 0.5) is 5.69 Å². The predicted octanol–water partition coefficient (Wildman–Crippen LogP) is 5.35. The summed E-state index contributed by atoms with van der Waals surface area (Å²) >= 11 is 8.66. The highest BCUT2D eigenvalue weighted by Crippen LogP contribution is 2.32. The number of rotatable bonds is 6.